The van der Waals surface area contributed by atoms with Crippen molar-refractivity contribution in [1.82, 2.24) is 9.47 Å². The summed E-state index contributed by atoms with van der Waals surface area (Å²) in [4.78, 5) is 14.4. The van der Waals surface area contributed by atoms with Crippen molar-refractivity contribution in [3.63, 3.8) is 0 Å². The fraction of sp³-hybridized carbons (Fsp3) is 0.533. The van der Waals surface area contributed by atoms with Crippen LogP contribution in [0.1, 0.15) is 19.3 Å². The fourth-order valence-corrected chi connectivity index (χ4v) is 2.81. The van der Waals surface area contributed by atoms with E-state index in [4.69, 9.17) is 9.15 Å². The molecule has 2 heterocycles. The first-order valence-electron chi connectivity index (χ1n) is 7.17. The lowest BCUT2D eigenvalue weighted by Gasteiger charge is -2.26. The first kappa shape index (κ1) is 15.9. The normalized spacial score (nSPS) is 15.9. The van der Waals surface area contributed by atoms with E-state index in [1.165, 1.54) is 19.3 Å². The molecule has 6 heteroatoms. The molecule has 3 rings (SSSR count). The van der Waals surface area contributed by atoms with Crippen LogP contribution >= 0.6 is 12.4 Å². The second kappa shape index (κ2) is 7.00. The highest BCUT2D eigenvalue weighted by molar-refractivity contribution is 5.85. The number of oxazole rings is 1. The number of piperidine rings is 1. The van der Waals surface area contributed by atoms with Crippen LogP contribution in [0.15, 0.2) is 27.4 Å². The van der Waals surface area contributed by atoms with Crippen molar-refractivity contribution in [1.29, 1.82) is 0 Å². The third kappa shape index (κ3) is 3.41. The van der Waals surface area contributed by atoms with Crippen LogP contribution in [0.4, 0.5) is 0 Å². The maximum atomic E-state index is 11.9. The van der Waals surface area contributed by atoms with Crippen LogP contribution in [0.3, 0.4) is 0 Å². The molecule has 0 unspecified atom stereocenters. The average Bonchev–Trinajstić information content (AvgIpc) is 2.80. The van der Waals surface area contributed by atoms with Crippen LogP contribution < -0.4 is 10.5 Å². The van der Waals surface area contributed by atoms with Crippen molar-refractivity contribution in [2.45, 2.75) is 25.8 Å². The number of hydrogen-bond acceptors (Lipinski definition) is 4. The molecule has 0 amide bonds. The van der Waals surface area contributed by atoms with E-state index in [0.717, 1.165) is 30.9 Å². The predicted molar refractivity (Wildman–Crippen MR) is 84.6 cm³/mol. The Morgan fingerprint density at radius 3 is 2.67 bits per heavy atom. The lowest BCUT2D eigenvalue weighted by molar-refractivity contribution is 0.219. The summed E-state index contributed by atoms with van der Waals surface area (Å²) in [5.41, 5.74) is 1.43. The van der Waals surface area contributed by atoms with E-state index < -0.39 is 0 Å². The van der Waals surface area contributed by atoms with E-state index in [1.807, 2.05) is 6.07 Å². The minimum absolute atomic E-state index is 0. The standard InChI is InChI=1S/C15H20N2O3.ClH/c1-19-12-5-6-14-13(11-12)17(15(18)20-14)10-9-16-7-3-2-4-8-16;/h5-6,11H,2-4,7-10H2,1H3;1H. The number of benzene rings is 1. The van der Waals surface area contributed by atoms with Crippen molar-refractivity contribution in [2.24, 2.45) is 0 Å². The lowest BCUT2D eigenvalue weighted by atomic mass is 10.1. The zero-order valence-corrected chi connectivity index (χ0v) is 13.0. The van der Waals surface area contributed by atoms with Crippen LogP contribution in [0.25, 0.3) is 11.1 Å². The van der Waals surface area contributed by atoms with Crippen LogP contribution in [0.5, 0.6) is 5.75 Å². The fourth-order valence-electron chi connectivity index (χ4n) is 2.81. The molecule has 1 aliphatic rings. The van der Waals surface area contributed by atoms with Crippen molar-refractivity contribution in [2.75, 3.05) is 26.7 Å². The summed E-state index contributed by atoms with van der Waals surface area (Å²) < 4.78 is 12.2. The quantitative estimate of drug-likeness (QED) is 0.870. The molecule has 2 aromatic rings. The molecule has 0 spiro atoms. The minimum Gasteiger partial charge on any atom is -0.497 e. The molecule has 0 radical (unpaired) electrons. The van der Waals surface area contributed by atoms with Crippen LogP contribution in [0, 0.1) is 0 Å². The zero-order valence-electron chi connectivity index (χ0n) is 12.2. The topological polar surface area (TPSA) is 47.6 Å². The van der Waals surface area contributed by atoms with Gasteiger partial charge < -0.3 is 14.1 Å². The maximum Gasteiger partial charge on any atom is 0.419 e. The summed E-state index contributed by atoms with van der Waals surface area (Å²) in [6, 6.07) is 5.45. The third-order valence-electron chi connectivity index (χ3n) is 3.96. The predicted octanol–water partition coefficient (Wildman–Crippen LogP) is 2.51. The second-order valence-corrected chi connectivity index (χ2v) is 5.26. The van der Waals surface area contributed by atoms with Gasteiger partial charge in [0, 0.05) is 19.2 Å². The van der Waals surface area contributed by atoms with E-state index in [2.05, 4.69) is 4.90 Å². The molecule has 21 heavy (non-hydrogen) atoms. The Kier molecular flexibility index (Phi) is 5.31. The molecule has 0 saturated carbocycles. The highest BCUT2D eigenvalue weighted by Crippen LogP contribution is 2.20. The van der Waals surface area contributed by atoms with Gasteiger partial charge in [0.25, 0.3) is 0 Å². The van der Waals surface area contributed by atoms with E-state index >= 15 is 0 Å². The first-order chi connectivity index (χ1) is 9.78. The van der Waals surface area contributed by atoms with Gasteiger partial charge >= 0.3 is 5.76 Å². The van der Waals surface area contributed by atoms with Crippen LogP contribution in [-0.4, -0.2) is 36.2 Å². The smallest absolute Gasteiger partial charge is 0.419 e. The maximum absolute atomic E-state index is 11.9. The Bertz CT molecular complexity index is 644. The Morgan fingerprint density at radius 1 is 1.19 bits per heavy atom. The number of nitrogens with zero attached hydrogens (tertiary/aromatic N) is 2. The molecule has 0 atom stereocenters. The molecule has 1 aliphatic heterocycles. The number of methoxy groups -OCH3 is 1. The highest BCUT2D eigenvalue weighted by atomic mass is 35.5. The number of hydrogen-bond donors (Lipinski definition) is 0. The van der Waals surface area contributed by atoms with E-state index in [0.29, 0.717) is 12.1 Å². The molecule has 1 saturated heterocycles. The Labute approximate surface area is 129 Å². The van der Waals surface area contributed by atoms with Crippen molar-refractivity contribution >= 4 is 23.5 Å². The van der Waals surface area contributed by atoms with Crippen LogP contribution in [-0.2, 0) is 6.54 Å². The van der Waals surface area contributed by atoms with Crippen molar-refractivity contribution < 1.29 is 9.15 Å². The molecule has 5 nitrogen and oxygen atoms in total. The number of aromatic nitrogens is 1. The Balaban J connectivity index is 0.00000161. The molecular formula is C15H21ClN2O3. The first-order valence-corrected chi connectivity index (χ1v) is 7.17. The third-order valence-corrected chi connectivity index (χ3v) is 3.96. The Hall–Kier alpha value is -1.46. The SMILES string of the molecule is COc1ccc2oc(=O)n(CCN3CCCCC3)c2c1.Cl. The van der Waals surface area contributed by atoms with E-state index in [1.54, 1.807) is 23.8 Å². The molecule has 0 N–H and O–H groups in total. The number of ether oxygens (including phenoxy) is 1. The van der Waals surface area contributed by atoms with Gasteiger partial charge in [-0.05, 0) is 38.1 Å². The molecular weight excluding hydrogens is 292 g/mol. The minimum atomic E-state index is -0.287. The summed E-state index contributed by atoms with van der Waals surface area (Å²) in [6.07, 6.45) is 3.84. The molecule has 1 aromatic heterocycles. The van der Waals surface area contributed by atoms with E-state index in [-0.39, 0.29) is 18.2 Å². The van der Waals surface area contributed by atoms with Gasteiger partial charge in [-0.2, -0.15) is 0 Å². The average molecular weight is 313 g/mol. The van der Waals surface area contributed by atoms with Gasteiger partial charge in [0.1, 0.15) is 5.75 Å². The van der Waals surface area contributed by atoms with Gasteiger partial charge in [-0.15, -0.1) is 12.4 Å². The van der Waals surface area contributed by atoms with Gasteiger partial charge in [0.2, 0.25) is 0 Å². The summed E-state index contributed by atoms with van der Waals surface area (Å²) in [6.45, 7) is 3.83. The van der Waals surface area contributed by atoms with Gasteiger partial charge in [-0.25, -0.2) is 4.79 Å². The van der Waals surface area contributed by atoms with Crippen molar-refractivity contribution in [3.05, 3.63) is 28.7 Å². The molecule has 116 valence electrons. The van der Waals surface area contributed by atoms with Gasteiger partial charge in [0.05, 0.1) is 12.6 Å². The highest BCUT2D eigenvalue weighted by Gasteiger charge is 2.13. The summed E-state index contributed by atoms with van der Waals surface area (Å²) in [7, 11) is 1.62. The second-order valence-electron chi connectivity index (χ2n) is 5.26. The summed E-state index contributed by atoms with van der Waals surface area (Å²) >= 11 is 0. The number of fused-ring (bicyclic) bond motifs is 1. The lowest BCUT2D eigenvalue weighted by Crippen LogP contribution is -2.33. The summed E-state index contributed by atoms with van der Waals surface area (Å²) in [5.74, 6) is 0.454. The molecule has 0 aliphatic carbocycles. The number of rotatable bonds is 4. The van der Waals surface area contributed by atoms with Gasteiger partial charge in [0.15, 0.2) is 5.58 Å². The van der Waals surface area contributed by atoms with Gasteiger partial charge in [-0.1, -0.05) is 6.42 Å². The largest absolute Gasteiger partial charge is 0.497 e. The molecule has 1 aromatic carbocycles. The van der Waals surface area contributed by atoms with Gasteiger partial charge in [-0.3, -0.25) is 4.57 Å². The number of likely N-dealkylation sites (tertiary alicyclic amines) is 1. The molecule has 0 bridgehead atoms. The monoisotopic (exact) mass is 312 g/mol. The van der Waals surface area contributed by atoms with E-state index in [9.17, 15) is 4.79 Å². The number of halogens is 1. The van der Waals surface area contributed by atoms with Crippen molar-refractivity contribution in [3.8, 4) is 5.75 Å². The molecule has 1 fully saturated rings. The summed E-state index contributed by atoms with van der Waals surface area (Å²) in [5, 5.41) is 0. The van der Waals surface area contributed by atoms with Crippen LogP contribution in [0.2, 0.25) is 0 Å². The Morgan fingerprint density at radius 2 is 1.95 bits per heavy atom. The zero-order chi connectivity index (χ0) is 13.9.